The van der Waals surface area contributed by atoms with Gasteiger partial charge in [0.2, 0.25) is 23.6 Å². The number of para-hydroxylation sites is 1. The molecule has 0 unspecified atom stereocenters. The number of carbonyl (C=O) groups is 7. The van der Waals surface area contributed by atoms with Crippen LogP contribution in [0.25, 0.3) is 10.9 Å². The number of ether oxygens (including phenoxy) is 6. The van der Waals surface area contributed by atoms with Crippen molar-refractivity contribution >= 4 is 52.4 Å². The summed E-state index contributed by atoms with van der Waals surface area (Å²) in [5.41, 5.74) is 9.50. The van der Waals surface area contributed by atoms with E-state index in [9.17, 15) is 38.0 Å². The van der Waals surface area contributed by atoms with E-state index >= 15 is 0 Å². The van der Waals surface area contributed by atoms with Gasteiger partial charge in [-0.25, -0.2) is 25.6 Å². The van der Waals surface area contributed by atoms with E-state index in [2.05, 4.69) is 15.3 Å². The molecule has 0 saturated heterocycles. The second-order valence-corrected chi connectivity index (χ2v) is 23.3. The van der Waals surface area contributed by atoms with Gasteiger partial charge in [0.05, 0.1) is 60.6 Å². The molecule has 22 nitrogen and oxygen atoms in total. The molecule has 0 radical (unpaired) electrons. The predicted octanol–water partition coefficient (Wildman–Crippen LogP) is 8.42. The monoisotopic (exact) mass is 1260 g/mol. The van der Waals surface area contributed by atoms with Gasteiger partial charge in [-0.3, -0.25) is 54.4 Å². The number of aromatic nitrogens is 2. The number of hydrogen-bond acceptors (Lipinski definition) is 18. The molecule has 3 saturated carbocycles. The van der Waals surface area contributed by atoms with Gasteiger partial charge in [0, 0.05) is 22.3 Å². The van der Waals surface area contributed by atoms with E-state index in [1.807, 2.05) is 111 Å². The molecule has 10 rings (SSSR count). The van der Waals surface area contributed by atoms with Gasteiger partial charge in [-0.05, 0) is 154 Å². The first kappa shape index (κ1) is 68.1. The number of nitrogens with zero attached hydrogens (tertiary/aromatic N) is 2. The minimum Gasteiger partial charge on any atom is -0.489 e. The zero-order chi connectivity index (χ0) is 66.3. The fourth-order valence-electron chi connectivity index (χ4n) is 11.4. The first-order valence-electron chi connectivity index (χ1n) is 29.8. The number of methoxy groups -OCH3 is 2. The molecule has 2 heterocycles. The Morgan fingerprint density at radius 2 is 1.14 bits per heavy atom. The van der Waals surface area contributed by atoms with Gasteiger partial charge < -0.3 is 33.7 Å². The van der Waals surface area contributed by atoms with Crippen LogP contribution in [0, 0.1) is 54.2 Å². The molecule has 7 atom stereocenters. The van der Waals surface area contributed by atoms with Crippen molar-refractivity contribution in [3.63, 3.8) is 0 Å². The number of pyridine rings is 2. The summed E-state index contributed by atoms with van der Waals surface area (Å²) in [5.74, 6) is -4.39. The lowest BCUT2D eigenvalue weighted by Crippen LogP contribution is -2.49. The van der Waals surface area contributed by atoms with Crippen molar-refractivity contribution in [3.05, 3.63) is 196 Å². The van der Waals surface area contributed by atoms with Crippen molar-refractivity contribution in [2.75, 3.05) is 20.8 Å². The highest BCUT2D eigenvalue weighted by Gasteiger charge is 2.67. The quantitative estimate of drug-likeness (QED) is 0.0129. The highest BCUT2D eigenvalue weighted by molar-refractivity contribution is 5.99. The summed E-state index contributed by atoms with van der Waals surface area (Å²) in [5, 5.41) is 30.7. The Morgan fingerprint density at radius 3 is 1.74 bits per heavy atom. The Morgan fingerprint density at radius 1 is 0.576 bits per heavy atom. The maximum absolute atomic E-state index is 13.3. The van der Waals surface area contributed by atoms with Crippen LogP contribution in [0.1, 0.15) is 84.9 Å². The Hall–Kier alpha value is -9.84. The molecule has 23 heteroatoms. The molecule has 4 amide bonds. The Labute approximate surface area is 531 Å². The fraction of sp³-hybridized carbons (Fsp3) is 0.348. The third kappa shape index (κ3) is 16.2. The molecule has 92 heavy (non-hydrogen) atoms. The molecule has 7 aromatic rings. The number of hydroxylamine groups is 3. The molecule has 0 aliphatic heterocycles. The van der Waals surface area contributed by atoms with Crippen molar-refractivity contribution in [3.8, 4) is 17.2 Å². The summed E-state index contributed by atoms with van der Waals surface area (Å²) in [6.07, 6.45) is 1.48. The molecule has 0 spiro atoms. The molecule has 7 N–H and O–H groups in total. The molecule has 484 valence electrons. The second-order valence-electron chi connectivity index (χ2n) is 23.3. The smallest absolute Gasteiger partial charge is 0.328 e. The van der Waals surface area contributed by atoms with Crippen LogP contribution in [0.5, 0.6) is 17.2 Å². The Balaban J connectivity index is 0.000000182. The standard InChI is InChI=1S/C29H33N3O6.C21H24N2O5.C19H18FNO5/c1-17(2)25(27(34)37-4)31-28(35)29(15-23(29)26(33)32-36)14-19-9-11-21(12-10-19)38-16-20-13-18(3)30-24-8-6-5-7-22(20)24;1-3-27-20(25)21(12-18(21)19(24)23-26)11-15-7-9-17(10-8-15)28-13-16-6-4-5-14(2)22-16;1-25-18(23)19(10-16(19)17(22)21-24)13-3-2-4-15(9-13)26-11-12-5-7-14(20)8-6-12/h5-13,17,23,25,36H,14-16H2,1-4H3,(H,31,35)(H,32,33);4-10,18,26H,3,11-13H2,1-2H3,(H,23,24);2-9,16,24H,10-11H2,1H3,(H,21,22)/t23-,25+,29+;18-,21+;16-,19-/m110/s1. The molecular formula is C69H75FN6O16. The average molecular weight is 1260 g/mol. The van der Waals surface area contributed by atoms with Crippen LogP contribution in [0.2, 0.25) is 0 Å². The van der Waals surface area contributed by atoms with Gasteiger partial charge in [0.25, 0.3) is 0 Å². The van der Waals surface area contributed by atoms with Gasteiger partial charge in [0.1, 0.15) is 54.3 Å². The highest BCUT2D eigenvalue weighted by Crippen LogP contribution is 2.58. The zero-order valence-electron chi connectivity index (χ0n) is 52.0. The number of nitrogens with one attached hydrogen (secondary N) is 4. The van der Waals surface area contributed by atoms with E-state index in [0.717, 1.165) is 50.2 Å². The van der Waals surface area contributed by atoms with Crippen molar-refractivity contribution in [2.45, 2.75) is 98.0 Å². The number of aryl methyl sites for hydroxylation is 2. The van der Waals surface area contributed by atoms with Gasteiger partial charge >= 0.3 is 17.9 Å². The number of amides is 4. The van der Waals surface area contributed by atoms with E-state index in [0.29, 0.717) is 48.9 Å². The number of hydrogen-bond donors (Lipinski definition) is 7. The average Bonchev–Trinajstić information content (AvgIpc) is 1.58. The van der Waals surface area contributed by atoms with E-state index in [1.165, 1.54) is 26.4 Å². The summed E-state index contributed by atoms with van der Waals surface area (Å²) >= 11 is 0. The normalized spacial score (nSPS) is 20.0. The van der Waals surface area contributed by atoms with E-state index < -0.39 is 81.6 Å². The zero-order valence-corrected chi connectivity index (χ0v) is 52.0. The van der Waals surface area contributed by atoms with Crippen LogP contribution in [0.3, 0.4) is 0 Å². The van der Waals surface area contributed by atoms with E-state index in [1.54, 1.807) is 73.6 Å². The van der Waals surface area contributed by atoms with E-state index in [4.69, 9.17) is 44.0 Å². The highest BCUT2D eigenvalue weighted by atomic mass is 19.1. The van der Waals surface area contributed by atoms with Crippen LogP contribution in [0.15, 0.2) is 146 Å². The fourth-order valence-corrected chi connectivity index (χ4v) is 11.4. The lowest BCUT2D eigenvalue weighted by atomic mass is 9.91. The topological polar surface area (TPSA) is 309 Å². The first-order chi connectivity index (χ1) is 44.2. The van der Waals surface area contributed by atoms with Crippen molar-refractivity contribution in [1.82, 2.24) is 31.7 Å². The van der Waals surface area contributed by atoms with Gasteiger partial charge in [-0.2, -0.15) is 0 Å². The van der Waals surface area contributed by atoms with Crippen LogP contribution < -0.4 is 36.0 Å². The van der Waals surface area contributed by atoms with Crippen LogP contribution in [-0.4, -0.2) is 94.0 Å². The van der Waals surface area contributed by atoms with Crippen molar-refractivity contribution in [2.24, 2.45) is 34.5 Å². The number of esters is 3. The molecule has 0 bridgehead atoms. The molecule has 5 aromatic carbocycles. The molecule has 3 fully saturated rings. The number of rotatable bonds is 24. The maximum atomic E-state index is 13.3. The largest absolute Gasteiger partial charge is 0.489 e. The van der Waals surface area contributed by atoms with Crippen LogP contribution in [-0.2, 0) is 85.8 Å². The number of fused-ring (bicyclic) bond motifs is 1. The molecular weight excluding hydrogens is 1190 g/mol. The van der Waals surface area contributed by atoms with Crippen LogP contribution >= 0.6 is 0 Å². The number of benzene rings is 5. The lowest BCUT2D eigenvalue weighted by Gasteiger charge is -2.24. The van der Waals surface area contributed by atoms with Crippen molar-refractivity contribution in [1.29, 1.82) is 0 Å². The molecule has 3 aliphatic carbocycles. The Kier molecular flexibility index (Phi) is 22.4. The summed E-state index contributed by atoms with van der Waals surface area (Å²) in [6, 6.07) is 42.4. The lowest BCUT2D eigenvalue weighted by molar-refractivity contribution is -0.152. The summed E-state index contributed by atoms with van der Waals surface area (Å²) in [6.45, 7) is 10.4. The summed E-state index contributed by atoms with van der Waals surface area (Å²) in [4.78, 5) is 95.0. The van der Waals surface area contributed by atoms with Crippen LogP contribution in [0.4, 0.5) is 4.39 Å². The summed E-state index contributed by atoms with van der Waals surface area (Å²) < 4.78 is 45.3. The Bertz CT molecular complexity index is 3780. The third-order valence-electron chi connectivity index (χ3n) is 16.7. The predicted molar refractivity (Wildman–Crippen MR) is 330 cm³/mol. The minimum atomic E-state index is -1.13. The maximum Gasteiger partial charge on any atom is 0.328 e. The SMILES string of the molecule is CCOC(=O)[C@@]1(Cc2ccc(OCc3cccc(C)n3)cc2)C[C@@H]1C(=O)NO.COC(=O)[C@@H](NC(=O)[C@@]1(Cc2ccc(OCc3cc(C)nc4ccccc34)cc2)C[C@@H]1C(=O)NO)C(C)C.COC(=O)[C@]1(c2cccc(OCc3ccc(F)cc3)c2)C[C@H]1C(=O)NO. The summed E-state index contributed by atoms with van der Waals surface area (Å²) in [7, 11) is 2.52. The van der Waals surface area contributed by atoms with Gasteiger partial charge in [0.15, 0.2) is 0 Å². The second kappa shape index (κ2) is 30.3. The minimum absolute atomic E-state index is 0.204. The molecule has 3 aliphatic rings. The van der Waals surface area contributed by atoms with Crippen molar-refractivity contribution < 1.29 is 82.0 Å². The number of carbonyl (C=O) groups excluding carboxylic acids is 7. The number of halogens is 1. The third-order valence-corrected chi connectivity index (χ3v) is 16.7. The van der Waals surface area contributed by atoms with E-state index in [-0.39, 0.29) is 44.2 Å². The first-order valence-corrected chi connectivity index (χ1v) is 29.8. The molecule has 2 aromatic heterocycles. The van der Waals surface area contributed by atoms with Gasteiger partial charge in [-0.15, -0.1) is 0 Å². The van der Waals surface area contributed by atoms with Gasteiger partial charge in [-0.1, -0.05) is 86.6 Å².